The van der Waals surface area contributed by atoms with Crippen LogP contribution in [0, 0.1) is 17.8 Å². The van der Waals surface area contributed by atoms with Crippen LogP contribution < -0.4 is 0 Å². The van der Waals surface area contributed by atoms with Gasteiger partial charge in [-0.05, 0) is 24.2 Å². The molecule has 1 saturated carbocycles. The van der Waals surface area contributed by atoms with Gasteiger partial charge in [0.2, 0.25) is 0 Å². The van der Waals surface area contributed by atoms with Gasteiger partial charge < -0.3 is 0 Å². The lowest BCUT2D eigenvalue weighted by molar-refractivity contribution is 0.341. The zero-order valence-electron chi connectivity index (χ0n) is 7.14. The van der Waals surface area contributed by atoms with Crippen molar-refractivity contribution < 1.29 is 0 Å². The van der Waals surface area contributed by atoms with Crippen molar-refractivity contribution in [3.8, 4) is 0 Å². The van der Waals surface area contributed by atoms with Gasteiger partial charge in [-0.25, -0.2) is 0 Å². The van der Waals surface area contributed by atoms with Crippen molar-refractivity contribution in [2.45, 2.75) is 33.1 Å². The minimum Gasteiger partial charge on any atom is -0.103 e. The molecule has 3 atom stereocenters. The molecular weight excluding hydrogens is 120 g/mol. The molecule has 0 spiro atoms. The summed E-state index contributed by atoms with van der Waals surface area (Å²) in [6.07, 6.45) is 6.40. The van der Waals surface area contributed by atoms with Gasteiger partial charge in [0.1, 0.15) is 0 Å². The molecule has 1 fully saturated rings. The van der Waals surface area contributed by atoms with Crippen molar-refractivity contribution in [3.05, 3.63) is 12.7 Å². The summed E-state index contributed by atoms with van der Waals surface area (Å²) >= 11 is 0. The third-order valence-corrected chi connectivity index (χ3v) is 2.97. The van der Waals surface area contributed by atoms with Gasteiger partial charge in [-0.1, -0.05) is 32.8 Å². The highest BCUT2D eigenvalue weighted by molar-refractivity contribution is 4.87. The minimum atomic E-state index is 0.734. The Morgan fingerprint density at radius 2 is 2.20 bits per heavy atom. The molecule has 0 heteroatoms. The van der Waals surface area contributed by atoms with Crippen LogP contribution in [0.5, 0.6) is 0 Å². The summed E-state index contributed by atoms with van der Waals surface area (Å²) in [5.41, 5.74) is 0. The first-order valence-electron chi connectivity index (χ1n) is 4.38. The Bertz CT molecular complexity index is 115. The summed E-state index contributed by atoms with van der Waals surface area (Å²) in [4.78, 5) is 0. The van der Waals surface area contributed by atoms with E-state index < -0.39 is 0 Å². The van der Waals surface area contributed by atoms with Gasteiger partial charge in [-0.2, -0.15) is 0 Å². The molecule has 0 nitrogen and oxygen atoms in total. The van der Waals surface area contributed by atoms with E-state index in [1.54, 1.807) is 0 Å². The third kappa shape index (κ3) is 1.42. The van der Waals surface area contributed by atoms with E-state index in [0.717, 1.165) is 17.8 Å². The summed E-state index contributed by atoms with van der Waals surface area (Å²) in [6, 6.07) is 0. The van der Waals surface area contributed by atoms with Crippen molar-refractivity contribution in [2.24, 2.45) is 17.8 Å². The van der Waals surface area contributed by atoms with Crippen molar-refractivity contribution >= 4 is 0 Å². The van der Waals surface area contributed by atoms with Crippen molar-refractivity contribution in [2.75, 3.05) is 0 Å². The second kappa shape index (κ2) is 3.23. The Morgan fingerprint density at radius 3 is 2.60 bits per heavy atom. The lowest BCUT2D eigenvalue weighted by Gasteiger charge is -2.19. The maximum Gasteiger partial charge on any atom is -0.0234 e. The van der Waals surface area contributed by atoms with E-state index in [-0.39, 0.29) is 0 Å². The Morgan fingerprint density at radius 1 is 1.50 bits per heavy atom. The highest BCUT2D eigenvalue weighted by Gasteiger charge is 2.26. The van der Waals surface area contributed by atoms with Crippen LogP contribution in [0.4, 0.5) is 0 Å². The molecule has 0 aromatic carbocycles. The van der Waals surface area contributed by atoms with Gasteiger partial charge in [-0.15, -0.1) is 6.58 Å². The van der Waals surface area contributed by atoms with Crippen molar-refractivity contribution in [1.82, 2.24) is 0 Å². The topological polar surface area (TPSA) is 0 Å². The summed E-state index contributed by atoms with van der Waals surface area (Å²) in [5, 5.41) is 0. The predicted molar refractivity (Wildman–Crippen MR) is 45.9 cm³/mol. The quantitative estimate of drug-likeness (QED) is 0.514. The van der Waals surface area contributed by atoms with Gasteiger partial charge in [0.25, 0.3) is 0 Å². The average molecular weight is 138 g/mol. The van der Waals surface area contributed by atoms with Crippen LogP contribution in [0.15, 0.2) is 12.7 Å². The fraction of sp³-hybridized carbons (Fsp3) is 0.800. The SMILES string of the molecule is C=CC(C)[C@H]1CCCC1C. The van der Waals surface area contributed by atoms with Gasteiger partial charge in [0.15, 0.2) is 0 Å². The first-order valence-corrected chi connectivity index (χ1v) is 4.38. The van der Waals surface area contributed by atoms with Crippen molar-refractivity contribution in [1.29, 1.82) is 0 Å². The molecule has 2 unspecified atom stereocenters. The zero-order chi connectivity index (χ0) is 7.56. The van der Waals surface area contributed by atoms with Crippen molar-refractivity contribution in [3.63, 3.8) is 0 Å². The molecule has 1 aliphatic rings. The molecule has 0 aromatic heterocycles. The standard InChI is InChI=1S/C10H18/c1-4-8(2)10-7-5-6-9(10)3/h4,8-10H,1,5-7H2,2-3H3/t8?,9?,10-/m1/s1. The maximum absolute atomic E-state index is 3.84. The maximum atomic E-state index is 3.84. The normalized spacial score (nSPS) is 35.8. The molecule has 0 amide bonds. The van der Waals surface area contributed by atoms with Gasteiger partial charge >= 0.3 is 0 Å². The number of hydrogen-bond donors (Lipinski definition) is 0. The second-order valence-electron chi connectivity index (χ2n) is 3.67. The van der Waals surface area contributed by atoms with Crippen LogP contribution in [0.25, 0.3) is 0 Å². The number of allylic oxidation sites excluding steroid dienone is 1. The Kier molecular flexibility index (Phi) is 2.53. The molecule has 0 radical (unpaired) electrons. The molecule has 0 heterocycles. The molecule has 1 aliphatic carbocycles. The smallest absolute Gasteiger partial charge is 0.0234 e. The third-order valence-electron chi connectivity index (χ3n) is 2.97. The predicted octanol–water partition coefficient (Wildman–Crippen LogP) is 3.24. The van der Waals surface area contributed by atoms with Crippen LogP contribution in [0.2, 0.25) is 0 Å². The van der Waals surface area contributed by atoms with E-state index in [1.165, 1.54) is 19.3 Å². The fourth-order valence-electron chi connectivity index (χ4n) is 2.13. The zero-order valence-corrected chi connectivity index (χ0v) is 7.14. The highest BCUT2D eigenvalue weighted by Crippen LogP contribution is 2.36. The molecule has 0 N–H and O–H groups in total. The molecule has 0 aliphatic heterocycles. The van der Waals surface area contributed by atoms with E-state index in [4.69, 9.17) is 0 Å². The van der Waals surface area contributed by atoms with Crippen LogP contribution >= 0.6 is 0 Å². The molecule has 0 bridgehead atoms. The second-order valence-corrected chi connectivity index (χ2v) is 3.67. The fourth-order valence-corrected chi connectivity index (χ4v) is 2.13. The lowest BCUT2D eigenvalue weighted by Crippen LogP contribution is -2.11. The van der Waals surface area contributed by atoms with Crippen LogP contribution in [0.1, 0.15) is 33.1 Å². The Hall–Kier alpha value is -0.260. The van der Waals surface area contributed by atoms with Gasteiger partial charge in [-0.3, -0.25) is 0 Å². The first-order chi connectivity index (χ1) is 4.75. The van der Waals surface area contributed by atoms with Crippen LogP contribution in [0.3, 0.4) is 0 Å². The van der Waals surface area contributed by atoms with E-state index in [9.17, 15) is 0 Å². The summed E-state index contributed by atoms with van der Waals surface area (Å²) in [5.74, 6) is 2.60. The average Bonchev–Trinajstić information content (AvgIpc) is 2.34. The van der Waals surface area contributed by atoms with Crippen LogP contribution in [-0.4, -0.2) is 0 Å². The summed E-state index contributed by atoms with van der Waals surface area (Å²) < 4.78 is 0. The van der Waals surface area contributed by atoms with Gasteiger partial charge in [0.05, 0.1) is 0 Å². The number of rotatable bonds is 2. The van der Waals surface area contributed by atoms with E-state index >= 15 is 0 Å². The number of hydrogen-bond acceptors (Lipinski definition) is 0. The van der Waals surface area contributed by atoms with E-state index in [2.05, 4.69) is 26.5 Å². The minimum absolute atomic E-state index is 0.734. The summed E-state index contributed by atoms with van der Waals surface area (Å²) in [7, 11) is 0. The Labute approximate surface area is 64.3 Å². The molecular formula is C10H18. The molecule has 0 saturated heterocycles. The molecule has 0 aromatic rings. The van der Waals surface area contributed by atoms with Gasteiger partial charge in [0, 0.05) is 0 Å². The highest BCUT2D eigenvalue weighted by atomic mass is 14.3. The largest absolute Gasteiger partial charge is 0.103 e. The molecule has 10 heavy (non-hydrogen) atoms. The van der Waals surface area contributed by atoms with Crippen LogP contribution in [-0.2, 0) is 0 Å². The van der Waals surface area contributed by atoms with E-state index in [0.29, 0.717) is 0 Å². The van der Waals surface area contributed by atoms with E-state index in [1.807, 2.05) is 0 Å². The molecule has 1 rings (SSSR count). The Balaban J connectivity index is 2.46. The lowest BCUT2D eigenvalue weighted by atomic mass is 9.86. The monoisotopic (exact) mass is 138 g/mol. The summed E-state index contributed by atoms with van der Waals surface area (Å²) in [6.45, 7) is 8.50. The first kappa shape index (κ1) is 7.84. The molecule has 58 valence electrons.